The number of carboxylic acid groups (broad SMARTS) is 2. The van der Waals surface area contributed by atoms with Gasteiger partial charge in [0.15, 0.2) is 16.7 Å². The number of nitrogens with one attached hydrogen (secondary N) is 2. The van der Waals surface area contributed by atoms with Crippen LogP contribution in [0.2, 0.25) is 0 Å². The Morgan fingerprint density at radius 2 is 1.93 bits per heavy atom. The van der Waals surface area contributed by atoms with Crippen molar-refractivity contribution in [2.75, 3.05) is 17.7 Å². The lowest BCUT2D eigenvalue weighted by Crippen LogP contribution is -2.71. The van der Waals surface area contributed by atoms with Crippen LogP contribution in [0.4, 0.5) is 5.13 Å². The van der Waals surface area contributed by atoms with E-state index >= 15 is 0 Å². The molecular formula is C26H26N8O8S4. The topological polar surface area (TPSA) is 220 Å². The first-order valence-corrected chi connectivity index (χ1v) is 16.7. The van der Waals surface area contributed by atoms with Gasteiger partial charge < -0.3 is 30.5 Å². The fourth-order valence-corrected chi connectivity index (χ4v) is 8.01. The van der Waals surface area contributed by atoms with Gasteiger partial charge in [-0.15, -0.1) is 23.1 Å². The number of thiazole rings is 1. The van der Waals surface area contributed by atoms with E-state index in [1.165, 1.54) is 46.7 Å². The van der Waals surface area contributed by atoms with Gasteiger partial charge in [-0.2, -0.15) is 9.36 Å². The highest BCUT2D eigenvalue weighted by Gasteiger charge is 2.54. The van der Waals surface area contributed by atoms with Crippen LogP contribution in [0.3, 0.4) is 0 Å². The highest BCUT2D eigenvalue weighted by molar-refractivity contribution is 8.07. The van der Waals surface area contributed by atoms with Crippen molar-refractivity contribution in [3.63, 3.8) is 0 Å². The molecule has 0 radical (unpaired) electrons. The number of rotatable bonds is 10. The maximum atomic E-state index is 13.2. The number of hydrogen-bond donors (Lipinski definition) is 3. The van der Waals surface area contributed by atoms with Crippen molar-refractivity contribution >= 4 is 86.9 Å². The summed E-state index contributed by atoms with van der Waals surface area (Å²) in [5, 5.41) is 29.2. The molecule has 2 aliphatic rings. The minimum absolute atomic E-state index is 0.0911. The third-order valence-electron chi connectivity index (χ3n) is 5.81. The van der Waals surface area contributed by atoms with Gasteiger partial charge in [-0.1, -0.05) is 16.9 Å². The smallest absolute Gasteiger partial charge is 0.353 e. The van der Waals surface area contributed by atoms with Gasteiger partial charge in [0, 0.05) is 58.2 Å². The molecule has 5 rings (SSSR count). The number of aryl methyl sites for hydroxylation is 1. The van der Waals surface area contributed by atoms with E-state index < -0.39 is 35.2 Å². The van der Waals surface area contributed by atoms with E-state index in [-0.39, 0.29) is 34.9 Å². The van der Waals surface area contributed by atoms with Crippen LogP contribution in [0.5, 0.6) is 0 Å². The third-order valence-corrected chi connectivity index (χ3v) is 9.93. The first-order valence-electron chi connectivity index (χ1n) is 13.2. The molecule has 0 aromatic carbocycles. The Balaban J connectivity index is 0.00000113. The second kappa shape index (κ2) is 15.3. The monoisotopic (exact) mass is 706 g/mol. The van der Waals surface area contributed by atoms with E-state index in [4.69, 9.17) is 14.7 Å². The van der Waals surface area contributed by atoms with E-state index in [0.29, 0.717) is 15.0 Å². The van der Waals surface area contributed by atoms with Crippen LogP contribution in [-0.4, -0.2) is 83.5 Å². The fourth-order valence-electron chi connectivity index (χ4n) is 3.93. The van der Waals surface area contributed by atoms with Gasteiger partial charge in [-0.05, 0) is 13.8 Å². The Hall–Kier alpha value is -4.40. The van der Waals surface area contributed by atoms with Crippen LogP contribution >= 0.6 is 46.4 Å². The molecule has 0 saturated carbocycles. The normalized spacial score (nSPS) is 17.3. The van der Waals surface area contributed by atoms with Crippen molar-refractivity contribution in [3.8, 4) is 11.3 Å². The van der Waals surface area contributed by atoms with Gasteiger partial charge in [0.1, 0.15) is 30.8 Å². The molecule has 0 unspecified atom stereocenters. The Bertz CT molecular complexity index is 1720. The van der Waals surface area contributed by atoms with E-state index in [1.807, 2.05) is 41.5 Å². The molecule has 2 aliphatic heterocycles. The summed E-state index contributed by atoms with van der Waals surface area (Å²) in [4.78, 5) is 74.3. The van der Waals surface area contributed by atoms with Crippen LogP contribution in [-0.2, 0) is 35.9 Å². The van der Waals surface area contributed by atoms with Gasteiger partial charge in [0.2, 0.25) is 22.6 Å². The molecule has 2 atom stereocenters. The number of amides is 3. The predicted molar refractivity (Wildman–Crippen MR) is 167 cm³/mol. The summed E-state index contributed by atoms with van der Waals surface area (Å²) in [5.41, 5.74) is 1.29. The Labute approximate surface area is 278 Å². The summed E-state index contributed by atoms with van der Waals surface area (Å²) in [6.45, 7) is 4.11. The number of fused-ring (bicyclic) bond motifs is 1. The van der Waals surface area contributed by atoms with Crippen LogP contribution in [0.25, 0.3) is 11.3 Å². The molecule has 1 saturated heterocycles. The van der Waals surface area contributed by atoms with Crippen molar-refractivity contribution in [1.29, 1.82) is 0 Å². The number of aromatic nitrogens is 4. The molecule has 242 valence electrons. The summed E-state index contributed by atoms with van der Waals surface area (Å²) >= 11 is 4.78. The summed E-state index contributed by atoms with van der Waals surface area (Å²) < 4.78 is 6.62. The molecule has 20 heteroatoms. The fraction of sp³-hybridized carbons (Fsp3) is 0.308. The number of β-lactam (4-membered cyclic amide) rings is 1. The lowest BCUT2D eigenvalue weighted by molar-refractivity contribution is -0.671. The number of oxime groups is 1. The van der Waals surface area contributed by atoms with Crippen molar-refractivity contribution < 1.29 is 43.6 Å². The van der Waals surface area contributed by atoms with Crippen molar-refractivity contribution in [2.24, 2.45) is 12.2 Å². The molecular weight excluding hydrogens is 681 g/mol. The van der Waals surface area contributed by atoms with Crippen LogP contribution in [0.15, 0.2) is 50.0 Å². The first kappa shape index (κ1) is 34.5. The standard InChI is InChI=1S/C24H22N8O6S4.C2H4O2/c1-4-38-29-15(18-28-23(42-30-18)25-11(2)33)19(34)27-16-20(35)32-17(22(36)37)14(10-39-21(16)32)41-24-26-13(9-40-24)12-5-7-31(3)8-6-12;1-2(3)4/h5-9,16,21H,4,10H2,1-3H3,(H2-,25,27,28,30,33,34,36,37);1H3,(H,3,4)/b29-15-;/t16-,21-;/m1./s1. The quantitative estimate of drug-likeness (QED) is 0.113. The molecule has 0 bridgehead atoms. The van der Waals surface area contributed by atoms with Gasteiger partial charge in [0.05, 0.1) is 5.69 Å². The maximum absolute atomic E-state index is 13.2. The number of carbonyl (C=O) groups is 5. The summed E-state index contributed by atoms with van der Waals surface area (Å²) in [7, 11) is 1.92. The Morgan fingerprint density at radius 1 is 1.24 bits per heavy atom. The van der Waals surface area contributed by atoms with Crippen LogP contribution in [0.1, 0.15) is 26.6 Å². The SMILES string of the molecule is CC(=O)[O-].CCO/N=C(\C(=O)N[C@@H]1C(=O)N2C(C(=O)O)=C(Sc3nc(-c4cc[n+](C)cc4)cs3)CS[C@H]12)c1nsc(NC(C)=O)n1. The predicted octanol–water partition coefficient (Wildman–Crippen LogP) is 0.430. The molecule has 3 N–H and O–H groups in total. The number of aliphatic carboxylic acids is 2. The van der Waals surface area contributed by atoms with E-state index in [9.17, 15) is 24.3 Å². The van der Waals surface area contributed by atoms with Gasteiger partial charge in [-0.3, -0.25) is 19.3 Å². The molecule has 0 spiro atoms. The summed E-state index contributed by atoms with van der Waals surface area (Å²) in [6.07, 6.45) is 3.83. The number of nitrogens with zero attached hydrogens (tertiary/aromatic N) is 6. The Kier molecular flexibility index (Phi) is 11.4. The molecule has 3 amide bonds. The first-order chi connectivity index (χ1) is 21.9. The van der Waals surface area contributed by atoms with Crippen molar-refractivity contribution in [3.05, 3.63) is 46.3 Å². The van der Waals surface area contributed by atoms with E-state index in [1.54, 1.807) is 6.92 Å². The number of pyridine rings is 1. The van der Waals surface area contributed by atoms with Crippen LogP contribution in [0, 0.1) is 0 Å². The number of carboxylic acids is 2. The molecule has 0 aliphatic carbocycles. The minimum Gasteiger partial charge on any atom is -0.550 e. The lowest BCUT2D eigenvalue weighted by Gasteiger charge is -2.49. The Morgan fingerprint density at radius 3 is 2.57 bits per heavy atom. The maximum Gasteiger partial charge on any atom is 0.353 e. The zero-order valence-corrected chi connectivity index (χ0v) is 27.8. The minimum atomic E-state index is -1.25. The van der Waals surface area contributed by atoms with Crippen LogP contribution < -0.4 is 20.3 Å². The molecule has 3 aromatic heterocycles. The van der Waals surface area contributed by atoms with E-state index in [0.717, 1.165) is 29.7 Å². The average Bonchev–Trinajstić information content (AvgIpc) is 3.65. The molecule has 5 heterocycles. The molecule has 1 fully saturated rings. The third kappa shape index (κ3) is 8.24. The van der Waals surface area contributed by atoms with Crippen molar-refractivity contribution in [1.82, 2.24) is 24.6 Å². The average molecular weight is 707 g/mol. The van der Waals surface area contributed by atoms with Crippen molar-refractivity contribution in [2.45, 2.75) is 36.5 Å². The van der Waals surface area contributed by atoms with Gasteiger partial charge in [0.25, 0.3) is 11.8 Å². The highest BCUT2D eigenvalue weighted by atomic mass is 32.2. The summed E-state index contributed by atoms with van der Waals surface area (Å²) in [5.74, 6) is -3.83. The highest BCUT2D eigenvalue weighted by Crippen LogP contribution is 2.46. The van der Waals surface area contributed by atoms with Gasteiger partial charge in [-0.25, -0.2) is 14.3 Å². The number of carbonyl (C=O) groups excluding carboxylic acids is 4. The molecule has 16 nitrogen and oxygen atoms in total. The van der Waals surface area contributed by atoms with Gasteiger partial charge >= 0.3 is 5.97 Å². The zero-order chi connectivity index (χ0) is 33.5. The second-order valence-corrected chi connectivity index (χ2v) is 13.3. The molecule has 3 aromatic rings. The zero-order valence-electron chi connectivity index (χ0n) is 24.6. The largest absolute Gasteiger partial charge is 0.550 e. The van der Waals surface area contributed by atoms with E-state index in [2.05, 4.69) is 30.1 Å². The number of hydrogen-bond acceptors (Lipinski definition) is 15. The second-order valence-electron chi connectivity index (χ2n) is 9.24. The number of thioether (sulfide) groups is 2. The lowest BCUT2D eigenvalue weighted by atomic mass is 10.0. The summed E-state index contributed by atoms with van der Waals surface area (Å²) in [6, 6.07) is 2.88. The number of anilines is 1. The molecule has 46 heavy (non-hydrogen) atoms.